The number of nitrogens with zero attached hydrogens (tertiary/aromatic N) is 4. The van der Waals surface area contributed by atoms with Gasteiger partial charge in [-0.05, 0) is 62.1 Å². The number of hydrogen-bond donors (Lipinski definition) is 2. The molecular formula is C23H29N6O2+. The fourth-order valence-electron chi connectivity index (χ4n) is 4.06. The molecule has 3 aromatic rings. The molecular weight excluding hydrogens is 392 g/mol. The number of likely N-dealkylation sites (tertiary alicyclic amines) is 1. The molecule has 1 aliphatic heterocycles. The zero-order chi connectivity index (χ0) is 21.6. The van der Waals surface area contributed by atoms with E-state index >= 15 is 0 Å². The SMILES string of the molecule is COc1ccc(/C(C)=N\NC(=O)Cn2nnc3ccccc32)cc1C[NH+]1CCCCC1. The number of carbonyl (C=O) groups excluding carboxylic acids is 1. The quantitative estimate of drug-likeness (QED) is 0.448. The number of quaternary nitrogens is 1. The first-order valence-electron chi connectivity index (χ1n) is 10.8. The lowest BCUT2D eigenvalue weighted by Crippen LogP contribution is -3.11. The van der Waals surface area contributed by atoms with E-state index in [4.69, 9.17) is 4.74 Å². The van der Waals surface area contributed by atoms with Crippen LogP contribution in [0, 0.1) is 0 Å². The number of aromatic nitrogens is 3. The minimum absolute atomic E-state index is 0.0590. The van der Waals surface area contributed by atoms with Gasteiger partial charge in [-0.25, -0.2) is 10.1 Å². The fraction of sp³-hybridized carbons (Fsp3) is 0.391. The van der Waals surface area contributed by atoms with Crippen LogP contribution in [0.3, 0.4) is 0 Å². The number of ether oxygens (including phenoxy) is 1. The molecule has 0 aliphatic carbocycles. The van der Waals surface area contributed by atoms with Crippen molar-refractivity contribution in [3.8, 4) is 5.75 Å². The third kappa shape index (κ3) is 5.08. The van der Waals surface area contributed by atoms with Crippen molar-refractivity contribution in [1.29, 1.82) is 0 Å². The van der Waals surface area contributed by atoms with Crippen LogP contribution < -0.4 is 15.1 Å². The van der Waals surface area contributed by atoms with Gasteiger partial charge in [0.25, 0.3) is 5.91 Å². The van der Waals surface area contributed by atoms with E-state index in [2.05, 4.69) is 26.9 Å². The van der Waals surface area contributed by atoms with Gasteiger partial charge in [0.05, 0.1) is 31.4 Å². The highest BCUT2D eigenvalue weighted by Gasteiger charge is 2.17. The van der Waals surface area contributed by atoms with Crippen molar-refractivity contribution in [3.05, 3.63) is 53.6 Å². The Morgan fingerprint density at radius 2 is 2.00 bits per heavy atom. The zero-order valence-corrected chi connectivity index (χ0v) is 18.1. The molecule has 0 saturated carbocycles. The van der Waals surface area contributed by atoms with Crippen LogP contribution in [0.2, 0.25) is 0 Å². The van der Waals surface area contributed by atoms with Crippen LogP contribution in [-0.4, -0.2) is 46.8 Å². The molecule has 1 fully saturated rings. The normalized spacial score (nSPS) is 15.2. The number of piperidine rings is 1. The second-order valence-corrected chi connectivity index (χ2v) is 7.98. The summed E-state index contributed by atoms with van der Waals surface area (Å²) < 4.78 is 7.15. The first-order valence-corrected chi connectivity index (χ1v) is 10.8. The summed E-state index contributed by atoms with van der Waals surface area (Å²) in [6.45, 7) is 5.30. The molecule has 4 rings (SSSR count). The third-order valence-electron chi connectivity index (χ3n) is 5.76. The monoisotopic (exact) mass is 421 g/mol. The second kappa shape index (κ2) is 9.70. The van der Waals surface area contributed by atoms with E-state index in [9.17, 15) is 4.79 Å². The first-order chi connectivity index (χ1) is 15.1. The Labute approximate surface area is 181 Å². The number of nitrogens with one attached hydrogen (secondary N) is 2. The van der Waals surface area contributed by atoms with Crippen molar-refractivity contribution >= 4 is 22.7 Å². The molecule has 8 nitrogen and oxygen atoms in total. The number of para-hydroxylation sites is 1. The van der Waals surface area contributed by atoms with E-state index in [1.165, 1.54) is 37.9 Å². The van der Waals surface area contributed by atoms with Crippen LogP contribution >= 0.6 is 0 Å². The van der Waals surface area contributed by atoms with Gasteiger partial charge in [-0.2, -0.15) is 5.10 Å². The average Bonchev–Trinajstić information content (AvgIpc) is 3.21. The number of benzene rings is 2. The molecule has 0 unspecified atom stereocenters. The van der Waals surface area contributed by atoms with Crippen LogP contribution in [0.4, 0.5) is 0 Å². The van der Waals surface area contributed by atoms with Gasteiger partial charge in [0.2, 0.25) is 0 Å². The highest BCUT2D eigenvalue weighted by atomic mass is 16.5. The van der Waals surface area contributed by atoms with Crippen molar-refractivity contribution in [1.82, 2.24) is 20.4 Å². The minimum Gasteiger partial charge on any atom is -0.496 e. The Morgan fingerprint density at radius 3 is 2.81 bits per heavy atom. The van der Waals surface area contributed by atoms with Gasteiger partial charge in [0.1, 0.15) is 24.4 Å². The summed E-state index contributed by atoms with van der Waals surface area (Å²) in [6.07, 6.45) is 3.90. The fourth-order valence-corrected chi connectivity index (χ4v) is 4.06. The molecule has 2 N–H and O–H groups in total. The molecule has 1 amide bonds. The van der Waals surface area contributed by atoms with Crippen LogP contribution in [0.1, 0.15) is 37.3 Å². The van der Waals surface area contributed by atoms with Crippen molar-refractivity contribution in [2.45, 2.75) is 39.3 Å². The van der Waals surface area contributed by atoms with Gasteiger partial charge in [-0.3, -0.25) is 4.79 Å². The molecule has 0 spiro atoms. The Hall–Kier alpha value is -3.26. The Morgan fingerprint density at radius 1 is 1.19 bits per heavy atom. The number of hydrogen-bond acceptors (Lipinski definition) is 5. The van der Waals surface area contributed by atoms with Crippen molar-refractivity contribution < 1.29 is 14.4 Å². The largest absolute Gasteiger partial charge is 0.496 e. The molecule has 0 atom stereocenters. The Kier molecular flexibility index (Phi) is 6.57. The molecule has 8 heteroatoms. The number of methoxy groups -OCH3 is 1. The van der Waals surface area contributed by atoms with Crippen molar-refractivity contribution in [3.63, 3.8) is 0 Å². The topological polar surface area (TPSA) is 85.8 Å². The highest BCUT2D eigenvalue weighted by Crippen LogP contribution is 2.20. The number of hydrazone groups is 1. The van der Waals surface area contributed by atoms with Crippen LogP contribution in [0.25, 0.3) is 11.0 Å². The lowest BCUT2D eigenvalue weighted by Gasteiger charge is -2.24. The number of amides is 1. The predicted octanol–water partition coefficient (Wildman–Crippen LogP) is 1.55. The maximum absolute atomic E-state index is 12.4. The van der Waals surface area contributed by atoms with E-state index < -0.39 is 0 Å². The third-order valence-corrected chi connectivity index (χ3v) is 5.76. The van der Waals surface area contributed by atoms with E-state index in [0.29, 0.717) is 0 Å². The Balaban J connectivity index is 1.43. The van der Waals surface area contributed by atoms with Gasteiger partial charge < -0.3 is 9.64 Å². The minimum atomic E-state index is -0.249. The van der Waals surface area contributed by atoms with Gasteiger partial charge in [0.15, 0.2) is 0 Å². The van der Waals surface area contributed by atoms with Crippen LogP contribution in [-0.2, 0) is 17.9 Å². The molecule has 1 aliphatic rings. The second-order valence-electron chi connectivity index (χ2n) is 7.98. The maximum Gasteiger partial charge on any atom is 0.261 e. The Bertz CT molecular complexity index is 1080. The van der Waals surface area contributed by atoms with E-state index in [-0.39, 0.29) is 12.5 Å². The van der Waals surface area contributed by atoms with E-state index in [0.717, 1.165) is 34.6 Å². The molecule has 0 radical (unpaired) electrons. The van der Waals surface area contributed by atoms with Gasteiger partial charge in [0, 0.05) is 5.56 Å². The first kappa shape index (κ1) is 21.0. The number of fused-ring (bicyclic) bond motifs is 1. The molecule has 1 aromatic heterocycles. The van der Waals surface area contributed by atoms with Gasteiger partial charge >= 0.3 is 0 Å². The molecule has 1 saturated heterocycles. The van der Waals surface area contributed by atoms with Crippen molar-refractivity contribution in [2.24, 2.45) is 5.10 Å². The molecule has 2 heterocycles. The summed E-state index contributed by atoms with van der Waals surface area (Å²) >= 11 is 0. The van der Waals surface area contributed by atoms with Gasteiger partial charge in [-0.15, -0.1) is 5.10 Å². The van der Waals surface area contributed by atoms with Crippen LogP contribution in [0.15, 0.2) is 47.6 Å². The summed E-state index contributed by atoms with van der Waals surface area (Å²) in [4.78, 5) is 14.0. The molecule has 31 heavy (non-hydrogen) atoms. The number of carbonyl (C=O) groups is 1. The van der Waals surface area contributed by atoms with E-state index in [1.807, 2.05) is 43.3 Å². The maximum atomic E-state index is 12.4. The molecule has 0 bridgehead atoms. The summed E-state index contributed by atoms with van der Waals surface area (Å²) in [5, 5.41) is 12.4. The average molecular weight is 422 g/mol. The molecule has 2 aromatic carbocycles. The summed E-state index contributed by atoms with van der Waals surface area (Å²) in [7, 11) is 1.71. The van der Waals surface area contributed by atoms with Crippen molar-refractivity contribution in [2.75, 3.05) is 20.2 Å². The number of rotatable bonds is 7. The molecule has 162 valence electrons. The van der Waals surface area contributed by atoms with Crippen LogP contribution in [0.5, 0.6) is 5.75 Å². The predicted molar refractivity (Wildman–Crippen MR) is 119 cm³/mol. The summed E-state index contributed by atoms with van der Waals surface area (Å²) in [5.41, 5.74) is 7.10. The lowest BCUT2D eigenvalue weighted by molar-refractivity contribution is -0.918. The van der Waals surface area contributed by atoms with E-state index in [1.54, 1.807) is 16.7 Å². The lowest BCUT2D eigenvalue weighted by atomic mass is 10.0. The van der Waals surface area contributed by atoms with Gasteiger partial charge in [-0.1, -0.05) is 17.3 Å². The summed E-state index contributed by atoms with van der Waals surface area (Å²) in [5.74, 6) is 0.651. The zero-order valence-electron chi connectivity index (χ0n) is 18.1. The standard InChI is InChI=1S/C23H28N6O2/c1-17(24-26-23(30)16-29-21-9-5-4-8-20(21)25-27-29)18-10-11-22(31-2)19(14-18)15-28-12-6-3-7-13-28/h4-5,8-11,14H,3,6-7,12-13,15-16H2,1-2H3,(H,26,30)/p+1/b24-17-. The smallest absolute Gasteiger partial charge is 0.261 e. The summed E-state index contributed by atoms with van der Waals surface area (Å²) in [6, 6.07) is 13.6. The highest BCUT2D eigenvalue weighted by molar-refractivity contribution is 5.99.